The molecule has 0 aliphatic carbocycles. The summed E-state index contributed by atoms with van der Waals surface area (Å²) in [6.45, 7) is 1.60. The van der Waals surface area contributed by atoms with E-state index in [0.29, 0.717) is 30.3 Å². The van der Waals surface area contributed by atoms with E-state index in [1.165, 1.54) is 0 Å². The second-order valence-corrected chi connectivity index (χ2v) is 6.32. The van der Waals surface area contributed by atoms with E-state index in [-0.39, 0.29) is 5.91 Å². The first-order chi connectivity index (χ1) is 12.2. The summed E-state index contributed by atoms with van der Waals surface area (Å²) in [7, 11) is 3.24. The maximum absolute atomic E-state index is 12.5. The van der Waals surface area contributed by atoms with Gasteiger partial charge in [0.2, 0.25) is 5.91 Å². The molecule has 0 radical (unpaired) electrons. The van der Waals surface area contributed by atoms with Gasteiger partial charge in [-0.2, -0.15) is 0 Å². The van der Waals surface area contributed by atoms with Gasteiger partial charge in [-0.1, -0.05) is 6.07 Å². The standard InChI is InChI=1S/C19H25N3O3/c1-24-16-5-3-14(13-17(16)25-2)4-6-18(23)22-11-7-15(8-12-22)19-20-9-10-21-19/h3,5,9-10,13,15H,4,6-8,11-12H2,1-2H3,(H,20,21). The zero-order valence-corrected chi connectivity index (χ0v) is 14.8. The molecule has 2 heterocycles. The number of benzene rings is 1. The number of carbonyl (C=O) groups excluding carboxylic acids is 1. The van der Waals surface area contributed by atoms with Gasteiger partial charge in [0.05, 0.1) is 14.2 Å². The van der Waals surface area contributed by atoms with Gasteiger partial charge in [0.25, 0.3) is 0 Å². The Kier molecular flexibility index (Phi) is 5.58. The quantitative estimate of drug-likeness (QED) is 0.876. The zero-order chi connectivity index (χ0) is 17.6. The topological polar surface area (TPSA) is 67.5 Å². The molecule has 1 N–H and O–H groups in total. The van der Waals surface area contributed by atoms with Crippen molar-refractivity contribution in [2.75, 3.05) is 27.3 Å². The maximum atomic E-state index is 12.5. The molecular weight excluding hydrogens is 318 g/mol. The van der Waals surface area contributed by atoms with E-state index in [9.17, 15) is 4.79 Å². The van der Waals surface area contributed by atoms with E-state index < -0.39 is 0 Å². The first-order valence-electron chi connectivity index (χ1n) is 8.69. The summed E-state index contributed by atoms with van der Waals surface area (Å²) >= 11 is 0. The largest absolute Gasteiger partial charge is 0.493 e. The molecule has 1 saturated heterocycles. The molecule has 2 aromatic rings. The molecular formula is C19H25N3O3. The lowest BCUT2D eigenvalue weighted by molar-refractivity contribution is -0.132. The number of aryl methyl sites for hydroxylation is 1. The first kappa shape index (κ1) is 17.3. The van der Waals surface area contributed by atoms with Gasteiger partial charge in [0.1, 0.15) is 5.82 Å². The van der Waals surface area contributed by atoms with Crippen LogP contribution in [0, 0.1) is 0 Å². The van der Waals surface area contributed by atoms with Crippen LogP contribution in [0.1, 0.15) is 36.6 Å². The molecule has 1 amide bonds. The number of likely N-dealkylation sites (tertiary alicyclic amines) is 1. The lowest BCUT2D eigenvalue weighted by Crippen LogP contribution is -2.38. The summed E-state index contributed by atoms with van der Waals surface area (Å²) < 4.78 is 10.6. The number of rotatable bonds is 6. The van der Waals surface area contributed by atoms with Gasteiger partial charge < -0.3 is 19.4 Å². The van der Waals surface area contributed by atoms with E-state index in [0.717, 1.165) is 37.3 Å². The normalized spacial score (nSPS) is 15.2. The van der Waals surface area contributed by atoms with Gasteiger partial charge in [-0.15, -0.1) is 0 Å². The van der Waals surface area contributed by atoms with Crippen LogP contribution in [0.4, 0.5) is 0 Å². The average molecular weight is 343 g/mol. The van der Waals surface area contributed by atoms with Crippen LogP contribution >= 0.6 is 0 Å². The van der Waals surface area contributed by atoms with Crippen molar-refractivity contribution in [3.05, 3.63) is 42.0 Å². The first-order valence-corrected chi connectivity index (χ1v) is 8.69. The number of amides is 1. The minimum Gasteiger partial charge on any atom is -0.493 e. The van der Waals surface area contributed by atoms with Crippen LogP contribution in [0.3, 0.4) is 0 Å². The number of hydrogen-bond donors (Lipinski definition) is 1. The van der Waals surface area contributed by atoms with Crippen molar-refractivity contribution in [1.82, 2.24) is 14.9 Å². The fraction of sp³-hybridized carbons (Fsp3) is 0.474. The van der Waals surface area contributed by atoms with E-state index in [1.54, 1.807) is 20.4 Å². The summed E-state index contributed by atoms with van der Waals surface area (Å²) in [5.74, 6) is 3.10. The molecule has 6 nitrogen and oxygen atoms in total. The molecule has 1 aromatic carbocycles. The fourth-order valence-electron chi connectivity index (χ4n) is 3.35. The third-order valence-electron chi connectivity index (χ3n) is 4.83. The van der Waals surface area contributed by atoms with Gasteiger partial charge in [-0.25, -0.2) is 4.98 Å². The molecule has 1 aliphatic rings. The van der Waals surface area contributed by atoms with Crippen LogP contribution in [0.25, 0.3) is 0 Å². The SMILES string of the molecule is COc1ccc(CCC(=O)N2CCC(c3ncc[nH]3)CC2)cc1OC. The summed E-state index contributed by atoms with van der Waals surface area (Å²) in [4.78, 5) is 22.0. The number of carbonyl (C=O) groups is 1. The van der Waals surface area contributed by atoms with Crippen molar-refractivity contribution in [3.8, 4) is 11.5 Å². The van der Waals surface area contributed by atoms with Gasteiger partial charge in [0.15, 0.2) is 11.5 Å². The summed E-state index contributed by atoms with van der Waals surface area (Å²) in [5.41, 5.74) is 1.08. The Morgan fingerprint density at radius 1 is 1.24 bits per heavy atom. The molecule has 1 aromatic heterocycles. The molecule has 0 spiro atoms. The van der Waals surface area contributed by atoms with Crippen LogP contribution in [0.5, 0.6) is 11.5 Å². The number of imidazole rings is 1. The van der Waals surface area contributed by atoms with E-state index in [4.69, 9.17) is 9.47 Å². The van der Waals surface area contributed by atoms with Crippen LogP contribution in [-0.4, -0.2) is 48.1 Å². The Hall–Kier alpha value is -2.50. The van der Waals surface area contributed by atoms with Crippen molar-refractivity contribution >= 4 is 5.91 Å². The number of nitrogens with one attached hydrogen (secondary N) is 1. The highest BCUT2D eigenvalue weighted by atomic mass is 16.5. The summed E-state index contributed by atoms with van der Waals surface area (Å²) in [6, 6.07) is 5.81. The van der Waals surface area contributed by atoms with Crippen LogP contribution in [0.2, 0.25) is 0 Å². The van der Waals surface area contributed by atoms with Gasteiger partial charge >= 0.3 is 0 Å². The zero-order valence-electron chi connectivity index (χ0n) is 14.8. The predicted molar refractivity (Wildman–Crippen MR) is 95.0 cm³/mol. The number of methoxy groups -OCH3 is 2. The second-order valence-electron chi connectivity index (χ2n) is 6.32. The minimum absolute atomic E-state index is 0.215. The number of nitrogens with zero attached hydrogens (tertiary/aromatic N) is 2. The molecule has 0 unspecified atom stereocenters. The third-order valence-corrected chi connectivity index (χ3v) is 4.83. The number of ether oxygens (including phenoxy) is 2. The van der Waals surface area contributed by atoms with Crippen molar-refractivity contribution in [1.29, 1.82) is 0 Å². The number of aromatic nitrogens is 2. The van der Waals surface area contributed by atoms with Crippen LogP contribution in [0.15, 0.2) is 30.6 Å². The smallest absolute Gasteiger partial charge is 0.222 e. The van der Waals surface area contributed by atoms with Gasteiger partial charge in [-0.05, 0) is 37.0 Å². The number of aromatic amines is 1. The highest BCUT2D eigenvalue weighted by molar-refractivity contribution is 5.76. The van der Waals surface area contributed by atoms with E-state index in [1.807, 2.05) is 29.3 Å². The minimum atomic E-state index is 0.215. The van der Waals surface area contributed by atoms with Crippen molar-refractivity contribution in [3.63, 3.8) is 0 Å². The van der Waals surface area contributed by atoms with E-state index in [2.05, 4.69) is 9.97 Å². The van der Waals surface area contributed by atoms with Crippen molar-refractivity contribution in [2.24, 2.45) is 0 Å². The maximum Gasteiger partial charge on any atom is 0.222 e. The summed E-state index contributed by atoms with van der Waals surface area (Å²) in [5, 5.41) is 0. The van der Waals surface area contributed by atoms with Crippen molar-refractivity contribution in [2.45, 2.75) is 31.6 Å². The molecule has 25 heavy (non-hydrogen) atoms. The lowest BCUT2D eigenvalue weighted by Gasteiger charge is -2.31. The molecule has 134 valence electrons. The van der Waals surface area contributed by atoms with Gasteiger partial charge in [-0.3, -0.25) is 4.79 Å². The molecule has 6 heteroatoms. The Morgan fingerprint density at radius 3 is 2.64 bits per heavy atom. The van der Waals surface area contributed by atoms with Crippen molar-refractivity contribution < 1.29 is 14.3 Å². The van der Waals surface area contributed by atoms with Crippen LogP contribution < -0.4 is 9.47 Å². The molecule has 0 atom stereocenters. The van der Waals surface area contributed by atoms with Gasteiger partial charge in [0, 0.05) is 37.8 Å². The monoisotopic (exact) mass is 343 g/mol. The molecule has 0 saturated carbocycles. The molecule has 1 fully saturated rings. The third kappa shape index (κ3) is 4.13. The second kappa shape index (κ2) is 8.05. The Labute approximate surface area is 148 Å². The Bertz CT molecular complexity index is 692. The Morgan fingerprint density at radius 2 is 2.00 bits per heavy atom. The number of piperidine rings is 1. The molecule has 1 aliphatic heterocycles. The Balaban J connectivity index is 1.50. The van der Waals surface area contributed by atoms with E-state index >= 15 is 0 Å². The highest BCUT2D eigenvalue weighted by Gasteiger charge is 2.24. The predicted octanol–water partition coefficient (Wildman–Crippen LogP) is 2.77. The lowest BCUT2D eigenvalue weighted by atomic mass is 9.95. The summed E-state index contributed by atoms with van der Waals surface area (Å²) in [6.07, 6.45) is 6.80. The molecule has 3 rings (SSSR count). The number of H-pyrrole nitrogens is 1. The van der Waals surface area contributed by atoms with Crippen LogP contribution in [-0.2, 0) is 11.2 Å². The fourth-order valence-corrected chi connectivity index (χ4v) is 3.35. The number of hydrogen-bond acceptors (Lipinski definition) is 4. The highest BCUT2D eigenvalue weighted by Crippen LogP contribution is 2.29. The average Bonchev–Trinajstić information content (AvgIpc) is 3.20. The molecule has 0 bridgehead atoms.